The van der Waals surface area contributed by atoms with Gasteiger partial charge in [-0.2, -0.15) is 0 Å². The highest BCUT2D eigenvalue weighted by Gasteiger charge is 2.21. The van der Waals surface area contributed by atoms with Crippen molar-refractivity contribution >= 4 is 16.2 Å². The van der Waals surface area contributed by atoms with Crippen molar-refractivity contribution in [1.29, 1.82) is 0 Å². The molecule has 5 nitrogen and oxygen atoms in total. The van der Waals surface area contributed by atoms with Gasteiger partial charge in [0.1, 0.15) is 0 Å². The highest BCUT2D eigenvalue weighted by molar-refractivity contribution is 7.99. The quantitative estimate of drug-likeness (QED) is 0.598. The van der Waals surface area contributed by atoms with Crippen LogP contribution in [0.15, 0.2) is 29.2 Å². The molecule has 19 heavy (non-hydrogen) atoms. The molecule has 0 heterocycles. The first kappa shape index (κ1) is 15.8. The fraction of sp³-hybridized carbons (Fsp3) is 0.462. The number of amides is 1. The van der Waals surface area contributed by atoms with E-state index in [0.29, 0.717) is 11.3 Å². The van der Waals surface area contributed by atoms with Crippen LogP contribution in [0, 0.1) is 12.8 Å². The Morgan fingerprint density at radius 2 is 2.05 bits per heavy atom. The molecule has 5 N–H and O–H groups in total. The van der Waals surface area contributed by atoms with Crippen LogP contribution in [-0.2, 0) is 15.1 Å². The van der Waals surface area contributed by atoms with Gasteiger partial charge in [0.05, 0.1) is 6.04 Å². The van der Waals surface area contributed by atoms with Crippen LogP contribution in [0.3, 0.4) is 0 Å². The van der Waals surface area contributed by atoms with Gasteiger partial charge in [0.2, 0.25) is 5.91 Å². The number of hydrogen-bond acceptors (Lipinski definition) is 3. The van der Waals surface area contributed by atoms with Gasteiger partial charge in [-0.1, -0.05) is 26.0 Å². The monoisotopic (exact) mass is 285 g/mol. The zero-order valence-corrected chi connectivity index (χ0v) is 12.5. The van der Waals surface area contributed by atoms with Crippen LogP contribution >= 0.6 is 0 Å². The maximum absolute atomic E-state index is 12.4. The van der Waals surface area contributed by atoms with Crippen molar-refractivity contribution in [2.45, 2.75) is 38.1 Å². The summed E-state index contributed by atoms with van der Waals surface area (Å²) in [6, 6.07) is 6.28. The molecule has 0 saturated heterocycles. The number of hydrogen-bond donors (Lipinski definition) is 4. The zero-order valence-electron chi connectivity index (χ0n) is 11.6. The number of aryl methyl sites for hydroxylation is 1. The normalized spacial score (nSPS) is 14.2. The molecule has 0 saturated carbocycles. The first-order chi connectivity index (χ1) is 8.72. The van der Waals surface area contributed by atoms with E-state index in [1.54, 1.807) is 18.2 Å². The lowest BCUT2D eigenvalue weighted by Crippen LogP contribution is -2.50. The van der Waals surface area contributed by atoms with Crippen LogP contribution < -0.4 is 15.6 Å². The second kappa shape index (κ2) is 6.27. The van der Waals surface area contributed by atoms with Crippen LogP contribution in [0.1, 0.15) is 25.8 Å². The van der Waals surface area contributed by atoms with Crippen molar-refractivity contribution < 1.29 is 9.00 Å². The highest BCUT2D eigenvalue weighted by Crippen LogP contribution is 2.13. The molecule has 1 rings (SSSR count). The molecule has 0 fully saturated rings. The van der Waals surface area contributed by atoms with Crippen LogP contribution in [-0.4, -0.2) is 16.2 Å². The average Bonchev–Trinajstić information content (AvgIpc) is 2.27. The molecule has 6 heteroatoms. The van der Waals surface area contributed by atoms with Crippen molar-refractivity contribution in [1.82, 2.24) is 4.72 Å². The fourth-order valence-electron chi connectivity index (χ4n) is 1.76. The van der Waals surface area contributed by atoms with Crippen molar-refractivity contribution in [3.63, 3.8) is 0 Å². The van der Waals surface area contributed by atoms with Gasteiger partial charge in [-0.25, -0.2) is 4.21 Å². The first-order valence-corrected chi connectivity index (χ1v) is 8.03. The van der Waals surface area contributed by atoms with E-state index in [0.717, 1.165) is 5.56 Å². The second-order valence-corrected chi connectivity index (χ2v) is 7.27. The Morgan fingerprint density at radius 3 is 2.58 bits per heavy atom. The SMILES string of the molecule is Cc1cccc([SH](N)(=O)NC(=O)[C@@H](N)CC(C)C)c1. The van der Waals surface area contributed by atoms with Gasteiger partial charge in [0, 0.05) is 15.2 Å². The molecular formula is C13H23N3O2S. The van der Waals surface area contributed by atoms with Crippen molar-refractivity contribution in [2.24, 2.45) is 16.8 Å². The number of carbonyl (C=O) groups excluding carboxylic acids is 1. The van der Waals surface area contributed by atoms with E-state index in [2.05, 4.69) is 4.72 Å². The van der Waals surface area contributed by atoms with Crippen LogP contribution in [0.2, 0.25) is 0 Å². The maximum atomic E-state index is 12.4. The van der Waals surface area contributed by atoms with Crippen molar-refractivity contribution in [3.05, 3.63) is 29.8 Å². The van der Waals surface area contributed by atoms with Gasteiger partial charge in [-0.05, 0) is 37.0 Å². The minimum Gasteiger partial charge on any atom is -0.320 e. The molecule has 0 aliphatic rings. The van der Waals surface area contributed by atoms with Crippen LogP contribution in [0.5, 0.6) is 0 Å². The van der Waals surface area contributed by atoms with Gasteiger partial charge >= 0.3 is 0 Å². The molecule has 1 aromatic carbocycles. The summed E-state index contributed by atoms with van der Waals surface area (Å²) < 4.78 is 14.7. The lowest BCUT2D eigenvalue weighted by atomic mass is 10.0. The summed E-state index contributed by atoms with van der Waals surface area (Å²) in [5.74, 6) is -0.182. The maximum Gasteiger partial charge on any atom is 0.248 e. The van der Waals surface area contributed by atoms with Gasteiger partial charge in [-0.3, -0.25) is 14.7 Å². The van der Waals surface area contributed by atoms with Crippen LogP contribution in [0.25, 0.3) is 0 Å². The summed E-state index contributed by atoms with van der Waals surface area (Å²) in [5, 5.41) is 5.74. The molecule has 108 valence electrons. The standard InChI is InChI=1S/C13H23N3O2S/c1-9(2)7-12(14)13(17)16-19(15,18)11-6-4-5-10(3)8-11/h4-6,8-9,12,19H,7,14H2,1-3H3,(H3,15,16,17,18)/t12-/m0/s1. The van der Waals surface area contributed by atoms with Gasteiger partial charge in [0.15, 0.2) is 0 Å². The molecule has 1 aromatic rings. The van der Waals surface area contributed by atoms with Crippen molar-refractivity contribution in [3.8, 4) is 0 Å². The van der Waals surface area contributed by atoms with E-state index < -0.39 is 22.3 Å². The lowest BCUT2D eigenvalue weighted by molar-refractivity contribution is -0.120. The Kier molecular flexibility index (Phi) is 5.22. The molecule has 0 unspecified atom stereocenters. The van der Waals surface area contributed by atoms with E-state index in [1.165, 1.54) is 0 Å². The topological polar surface area (TPSA) is 98.2 Å². The number of benzene rings is 1. The van der Waals surface area contributed by atoms with Gasteiger partial charge < -0.3 is 5.73 Å². The molecule has 1 amide bonds. The molecule has 0 bridgehead atoms. The number of thiol groups is 1. The molecule has 0 radical (unpaired) electrons. The number of nitrogens with one attached hydrogen (secondary N) is 1. The van der Waals surface area contributed by atoms with E-state index >= 15 is 0 Å². The Bertz CT molecular complexity index is 502. The average molecular weight is 285 g/mol. The predicted molar refractivity (Wildman–Crippen MR) is 78.7 cm³/mol. The van der Waals surface area contributed by atoms with Crippen molar-refractivity contribution in [2.75, 3.05) is 0 Å². The Balaban J connectivity index is 2.80. The summed E-state index contributed by atoms with van der Waals surface area (Å²) in [6.45, 7) is 5.81. The number of carbonyl (C=O) groups is 1. The summed E-state index contributed by atoms with van der Waals surface area (Å²) in [5.41, 5.74) is 6.68. The minimum absolute atomic E-state index is 0.289. The zero-order chi connectivity index (χ0) is 14.6. The largest absolute Gasteiger partial charge is 0.320 e. The summed E-state index contributed by atoms with van der Waals surface area (Å²) >= 11 is 0. The molecule has 0 aliphatic heterocycles. The Labute approximate surface area is 115 Å². The Morgan fingerprint density at radius 1 is 1.42 bits per heavy atom. The van der Waals surface area contributed by atoms with E-state index in [1.807, 2.05) is 26.8 Å². The third kappa shape index (κ3) is 4.74. The molecule has 1 atom stereocenters. The lowest BCUT2D eigenvalue weighted by Gasteiger charge is -2.23. The van der Waals surface area contributed by atoms with E-state index in [4.69, 9.17) is 10.9 Å². The predicted octanol–water partition coefficient (Wildman–Crippen LogP) is 0.649. The molecule has 0 aliphatic carbocycles. The smallest absolute Gasteiger partial charge is 0.248 e. The van der Waals surface area contributed by atoms with Crippen LogP contribution in [0.4, 0.5) is 0 Å². The molecule has 0 aromatic heterocycles. The third-order valence-corrected chi connectivity index (χ3v) is 4.32. The summed E-state index contributed by atoms with van der Waals surface area (Å²) in [6.07, 6.45) is 0.527. The first-order valence-electron chi connectivity index (χ1n) is 6.26. The van der Waals surface area contributed by atoms with E-state index in [-0.39, 0.29) is 5.92 Å². The third-order valence-electron chi connectivity index (χ3n) is 2.72. The second-order valence-electron chi connectivity index (χ2n) is 5.21. The fourth-order valence-corrected chi connectivity index (χ4v) is 3.09. The number of rotatable bonds is 5. The molecule has 0 spiro atoms. The summed E-state index contributed by atoms with van der Waals surface area (Å²) in [7, 11) is -3.40. The minimum atomic E-state index is -3.40. The van der Waals surface area contributed by atoms with Gasteiger partial charge in [-0.15, -0.1) is 0 Å². The van der Waals surface area contributed by atoms with E-state index in [9.17, 15) is 9.00 Å². The van der Waals surface area contributed by atoms with Gasteiger partial charge in [0.25, 0.3) is 0 Å². The number of nitrogens with two attached hydrogens (primary N) is 2. The highest BCUT2D eigenvalue weighted by atomic mass is 32.3. The molecular weight excluding hydrogens is 262 g/mol. The Hall–Kier alpha value is -1.24. The summed E-state index contributed by atoms with van der Waals surface area (Å²) in [4.78, 5) is 12.3.